The van der Waals surface area contributed by atoms with Gasteiger partial charge in [0, 0.05) is 5.56 Å². The van der Waals surface area contributed by atoms with Crippen LogP contribution in [0.5, 0.6) is 0 Å². The number of Topliss-reactive ketones (excluding diaryl/α,β-unsaturated/α-hetero) is 1. The minimum Gasteiger partial charge on any atom is -0.468 e. The summed E-state index contributed by atoms with van der Waals surface area (Å²) in [6, 6.07) is 12.9. The number of sulfonamides is 1. The van der Waals surface area contributed by atoms with E-state index in [-0.39, 0.29) is 22.8 Å². The van der Waals surface area contributed by atoms with Crippen LogP contribution in [0.4, 0.5) is 0 Å². The number of aryl methyl sites for hydroxylation is 3. The molecule has 162 valence electrons. The normalized spacial score (nSPS) is 11.3. The van der Waals surface area contributed by atoms with Gasteiger partial charge in [0.15, 0.2) is 6.61 Å². The highest BCUT2D eigenvalue weighted by Crippen LogP contribution is 2.18. The molecular formula is C23H23NO6S. The van der Waals surface area contributed by atoms with Crippen LogP contribution in [-0.4, -0.2) is 26.8 Å². The van der Waals surface area contributed by atoms with Crippen LogP contribution in [0.3, 0.4) is 0 Å². The number of hydrogen-bond acceptors (Lipinski definition) is 6. The zero-order valence-corrected chi connectivity index (χ0v) is 18.3. The predicted molar refractivity (Wildman–Crippen MR) is 114 cm³/mol. The Hall–Kier alpha value is -3.23. The van der Waals surface area contributed by atoms with Gasteiger partial charge in [0.25, 0.3) is 0 Å². The van der Waals surface area contributed by atoms with E-state index in [9.17, 15) is 18.0 Å². The Balaban J connectivity index is 1.72. The van der Waals surface area contributed by atoms with E-state index in [1.807, 2.05) is 26.0 Å². The number of ether oxygens (including phenoxy) is 1. The summed E-state index contributed by atoms with van der Waals surface area (Å²) in [6.45, 7) is 4.89. The van der Waals surface area contributed by atoms with E-state index in [0.717, 1.165) is 11.1 Å². The first-order chi connectivity index (χ1) is 14.7. The Labute approximate surface area is 181 Å². The van der Waals surface area contributed by atoms with Gasteiger partial charge < -0.3 is 9.15 Å². The third-order valence-corrected chi connectivity index (χ3v) is 6.18. The maximum Gasteiger partial charge on any atom is 0.338 e. The van der Waals surface area contributed by atoms with Gasteiger partial charge in [-0.3, -0.25) is 4.79 Å². The Morgan fingerprint density at radius 2 is 1.68 bits per heavy atom. The topological polar surface area (TPSA) is 103 Å². The van der Waals surface area contributed by atoms with Crippen molar-refractivity contribution in [2.75, 3.05) is 6.61 Å². The molecule has 0 atom stereocenters. The van der Waals surface area contributed by atoms with Crippen LogP contribution >= 0.6 is 0 Å². The Bertz CT molecular complexity index is 1210. The summed E-state index contributed by atoms with van der Waals surface area (Å²) in [5.41, 5.74) is 2.82. The molecule has 0 aliphatic carbocycles. The van der Waals surface area contributed by atoms with Crippen molar-refractivity contribution >= 4 is 21.8 Å². The van der Waals surface area contributed by atoms with Gasteiger partial charge in [0.2, 0.25) is 15.8 Å². The first-order valence-electron chi connectivity index (χ1n) is 9.57. The summed E-state index contributed by atoms with van der Waals surface area (Å²) >= 11 is 0. The molecule has 0 amide bonds. The summed E-state index contributed by atoms with van der Waals surface area (Å²) in [5, 5.41) is 0. The molecule has 8 heteroatoms. The second-order valence-corrected chi connectivity index (χ2v) is 8.97. The lowest BCUT2D eigenvalue weighted by Gasteiger charge is -2.11. The molecule has 0 aliphatic rings. The quantitative estimate of drug-likeness (QED) is 0.422. The zero-order valence-electron chi connectivity index (χ0n) is 17.5. The molecule has 0 fully saturated rings. The number of furan rings is 1. The SMILES string of the molecule is Cc1ccc(C)c(C(=O)COC(=O)c2cc(S(=O)(=O)NCc3ccco3)ccc2C)c1. The Morgan fingerprint density at radius 1 is 0.968 bits per heavy atom. The molecule has 2 aromatic carbocycles. The summed E-state index contributed by atoms with van der Waals surface area (Å²) in [6.07, 6.45) is 1.45. The molecule has 0 bridgehead atoms. The molecule has 3 rings (SSSR count). The van der Waals surface area contributed by atoms with Crippen molar-refractivity contribution in [1.29, 1.82) is 0 Å². The van der Waals surface area contributed by atoms with Crippen LogP contribution < -0.4 is 4.72 Å². The van der Waals surface area contributed by atoms with Crippen molar-refractivity contribution in [3.63, 3.8) is 0 Å². The lowest BCUT2D eigenvalue weighted by Crippen LogP contribution is -2.23. The van der Waals surface area contributed by atoms with Gasteiger partial charge in [0.05, 0.1) is 23.3 Å². The molecule has 0 saturated heterocycles. The smallest absolute Gasteiger partial charge is 0.338 e. The van der Waals surface area contributed by atoms with E-state index in [0.29, 0.717) is 16.9 Å². The van der Waals surface area contributed by atoms with Crippen molar-refractivity contribution in [2.45, 2.75) is 32.2 Å². The molecule has 0 spiro atoms. The fraction of sp³-hybridized carbons (Fsp3) is 0.217. The number of nitrogens with one attached hydrogen (secondary N) is 1. The molecule has 0 unspecified atom stereocenters. The van der Waals surface area contributed by atoms with Crippen LogP contribution in [0.15, 0.2) is 64.1 Å². The molecule has 0 saturated carbocycles. The second-order valence-electron chi connectivity index (χ2n) is 7.20. The van der Waals surface area contributed by atoms with Crippen molar-refractivity contribution < 1.29 is 27.2 Å². The summed E-state index contributed by atoms with van der Waals surface area (Å²) in [5.74, 6) is -0.629. The van der Waals surface area contributed by atoms with Crippen LogP contribution in [0, 0.1) is 20.8 Å². The van der Waals surface area contributed by atoms with Gasteiger partial charge in [-0.1, -0.05) is 23.8 Å². The van der Waals surface area contributed by atoms with Gasteiger partial charge in [-0.25, -0.2) is 17.9 Å². The molecule has 1 N–H and O–H groups in total. The van der Waals surface area contributed by atoms with Crippen LogP contribution in [0.25, 0.3) is 0 Å². The Kier molecular flexibility index (Phi) is 6.72. The van der Waals surface area contributed by atoms with E-state index < -0.39 is 22.6 Å². The first-order valence-corrected chi connectivity index (χ1v) is 11.1. The minimum absolute atomic E-state index is 0.0205. The molecule has 7 nitrogen and oxygen atoms in total. The molecule has 0 radical (unpaired) electrons. The van der Waals surface area contributed by atoms with Gasteiger partial charge in [0.1, 0.15) is 5.76 Å². The van der Waals surface area contributed by atoms with Crippen LogP contribution in [-0.2, 0) is 21.3 Å². The largest absolute Gasteiger partial charge is 0.468 e. The van der Waals surface area contributed by atoms with Crippen molar-refractivity contribution in [3.05, 3.63) is 88.4 Å². The highest BCUT2D eigenvalue weighted by Gasteiger charge is 2.20. The number of hydrogen-bond donors (Lipinski definition) is 1. The predicted octanol–water partition coefficient (Wildman–Crippen LogP) is 3.72. The van der Waals surface area contributed by atoms with Gasteiger partial charge in [-0.2, -0.15) is 0 Å². The second kappa shape index (κ2) is 9.28. The third kappa shape index (κ3) is 5.48. The molecule has 31 heavy (non-hydrogen) atoms. The summed E-state index contributed by atoms with van der Waals surface area (Å²) < 4.78 is 37.9. The first kappa shape index (κ1) is 22.5. The number of rotatable bonds is 8. The minimum atomic E-state index is -3.88. The highest BCUT2D eigenvalue weighted by molar-refractivity contribution is 7.89. The van der Waals surface area contributed by atoms with Crippen LogP contribution in [0.2, 0.25) is 0 Å². The fourth-order valence-electron chi connectivity index (χ4n) is 2.97. The maximum atomic E-state index is 12.6. The average molecular weight is 442 g/mol. The summed E-state index contributed by atoms with van der Waals surface area (Å²) in [4.78, 5) is 25.0. The average Bonchev–Trinajstić information content (AvgIpc) is 3.26. The molecular weight excluding hydrogens is 418 g/mol. The lowest BCUT2D eigenvalue weighted by molar-refractivity contribution is 0.0473. The third-order valence-electron chi connectivity index (χ3n) is 4.78. The zero-order chi connectivity index (χ0) is 22.6. The number of carbonyl (C=O) groups excluding carboxylic acids is 2. The van der Waals surface area contributed by atoms with E-state index in [1.54, 1.807) is 25.1 Å². The lowest BCUT2D eigenvalue weighted by atomic mass is 10.0. The van der Waals surface area contributed by atoms with E-state index in [4.69, 9.17) is 9.15 Å². The maximum absolute atomic E-state index is 12.6. The molecule has 3 aromatic rings. The summed E-state index contributed by atoms with van der Waals surface area (Å²) in [7, 11) is -3.88. The molecule has 1 aromatic heterocycles. The van der Waals surface area contributed by atoms with E-state index in [2.05, 4.69) is 4.72 Å². The van der Waals surface area contributed by atoms with Crippen molar-refractivity contribution in [2.24, 2.45) is 0 Å². The van der Waals surface area contributed by atoms with Crippen LogP contribution in [0.1, 0.15) is 43.2 Å². The fourth-order valence-corrected chi connectivity index (χ4v) is 3.99. The van der Waals surface area contributed by atoms with E-state index >= 15 is 0 Å². The van der Waals surface area contributed by atoms with Crippen molar-refractivity contribution in [1.82, 2.24) is 4.72 Å². The standard InChI is InChI=1S/C23H23NO6S/c1-15-6-7-16(2)20(11-15)22(25)14-30-23(26)21-12-19(9-8-17(21)3)31(27,28)24-13-18-5-4-10-29-18/h4-12,24H,13-14H2,1-3H3. The number of benzene rings is 2. The van der Waals surface area contributed by atoms with E-state index in [1.165, 1.54) is 24.5 Å². The highest BCUT2D eigenvalue weighted by atomic mass is 32.2. The van der Waals surface area contributed by atoms with Gasteiger partial charge >= 0.3 is 5.97 Å². The number of ketones is 1. The molecule has 0 aliphatic heterocycles. The number of carbonyl (C=O) groups is 2. The Morgan fingerprint density at radius 3 is 2.39 bits per heavy atom. The van der Waals surface area contributed by atoms with Gasteiger partial charge in [-0.15, -0.1) is 0 Å². The van der Waals surface area contributed by atoms with Gasteiger partial charge in [-0.05, 0) is 62.2 Å². The van der Waals surface area contributed by atoms with Crippen molar-refractivity contribution in [3.8, 4) is 0 Å². The molecule has 1 heterocycles. The number of esters is 1. The monoisotopic (exact) mass is 441 g/mol.